The van der Waals surface area contributed by atoms with Crippen molar-refractivity contribution < 1.29 is 23.1 Å². The van der Waals surface area contributed by atoms with Gasteiger partial charge < -0.3 is 23.6 Å². The van der Waals surface area contributed by atoms with Gasteiger partial charge in [0.15, 0.2) is 5.76 Å². The molecule has 0 aliphatic rings. The van der Waals surface area contributed by atoms with Gasteiger partial charge in [-0.05, 0) is 12.1 Å². The van der Waals surface area contributed by atoms with Gasteiger partial charge in [-0.15, -0.1) is 10.2 Å². The van der Waals surface area contributed by atoms with Crippen LogP contribution in [0.15, 0.2) is 50.7 Å². The lowest BCUT2D eigenvalue weighted by Gasteiger charge is -2.09. The van der Waals surface area contributed by atoms with E-state index in [2.05, 4.69) is 15.5 Å². The minimum atomic E-state index is -0.224. The number of amides is 1. The normalized spacial score (nSPS) is 10.5. The van der Waals surface area contributed by atoms with Gasteiger partial charge in [0, 0.05) is 23.9 Å². The predicted octanol–water partition coefficient (Wildman–Crippen LogP) is 3.08. The Kier molecular flexibility index (Phi) is 5.24. The second-order valence-electron chi connectivity index (χ2n) is 4.79. The Morgan fingerprint density at radius 1 is 1.20 bits per heavy atom. The summed E-state index contributed by atoms with van der Waals surface area (Å²) >= 11 is 1.13. The topological polar surface area (TPSA) is 99.6 Å². The summed E-state index contributed by atoms with van der Waals surface area (Å²) in [6.45, 7) is 0. The molecular formula is C16H15N3O5S. The summed E-state index contributed by atoms with van der Waals surface area (Å²) in [5, 5.41) is 10.8. The van der Waals surface area contributed by atoms with Crippen LogP contribution in [0.3, 0.4) is 0 Å². The number of benzene rings is 1. The Morgan fingerprint density at radius 2 is 1.96 bits per heavy atom. The van der Waals surface area contributed by atoms with Crippen molar-refractivity contribution in [3.63, 3.8) is 0 Å². The number of hydrogen-bond donors (Lipinski definition) is 1. The fraction of sp³-hybridized carbons (Fsp3) is 0.188. The van der Waals surface area contributed by atoms with Crippen molar-refractivity contribution >= 4 is 23.4 Å². The lowest BCUT2D eigenvalue weighted by atomic mass is 10.2. The number of rotatable bonds is 7. The quantitative estimate of drug-likeness (QED) is 0.641. The lowest BCUT2D eigenvalue weighted by molar-refractivity contribution is -0.113. The Labute approximate surface area is 147 Å². The van der Waals surface area contributed by atoms with Crippen molar-refractivity contribution in [3.8, 4) is 23.1 Å². The summed E-state index contributed by atoms with van der Waals surface area (Å²) in [5.74, 6) is 1.81. The summed E-state index contributed by atoms with van der Waals surface area (Å²) in [4.78, 5) is 12.1. The molecule has 2 heterocycles. The molecule has 0 fully saturated rings. The van der Waals surface area contributed by atoms with Crippen molar-refractivity contribution in [2.75, 3.05) is 25.3 Å². The Hall–Kier alpha value is -2.94. The zero-order chi connectivity index (χ0) is 17.6. The van der Waals surface area contributed by atoms with Crippen LogP contribution in [0.4, 0.5) is 5.69 Å². The van der Waals surface area contributed by atoms with E-state index in [1.54, 1.807) is 44.6 Å². The highest BCUT2D eigenvalue weighted by Crippen LogP contribution is 2.27. The van der Waals surface area contributed by atoms with E-state index >= 15 is 0 Å². The van der Waals surface area contributed by atoms with Crippen LogP contribution >= 0.6 is 11.8 Å². The van der Waals surface area contributed by atoms with Gasteiger partial charge in [0.25, 0.3) is 11.1 Å². The third-order valence-corrected chi connectivity index (χ3v) is 3.92. The first-order valence-corrected chi connectivity index (χ1v) is 8.19. The molecule has 0 aliphatic heterocycles. The molecule has 0 saturated carbocycles. The van der Waals surface area contributed by atoms with E-state index in [0.717, 1.165) is 11.8 Å². The summed E-state index contributed by atoms with van der Waals surface area (Å²) < 4.78 is 20.9. The molecule has 3 rings (SSSR count). The Morgan fingerprint density at radius 3 is 2.60 bits per heavy atom. The van der Waals surface area contributed by atoms with Gasteiger partial charge in [-0.25, -0.2) is 0 Å². The van der Waals surface area contributed by atoms with Gasteiger partial charge in [-0.2, -0.15) is 0 Å². The average Bonchev–Trinajstić information content (AvgIpc) is 3.30. The van der Waals surface area contributed by atoms with Crippen LogP contribution in [-0.4, -0.2) is 36.1 Å². The van der Waals surface area contributed by atoms with Crippen LogP contribution in [0.5, 0.6) is 11.5 Å². The second-order valence-corrected chi connectivity index (χ2v) is 5.72. The molecule has 130 valence electrons. The lowest BCUT2D eigenvalue weighted by Crippen LogP contribution is -2.14. The number of nitrogens with one attached hydrogen (secondary N) is 1. The number of hydrogen-bond acceptors (Lipinski definition) is 8. The van der Waals surface area contributed by atoms with Gasteiger partial charge >= 0.3 is 0 Å². The zero-order valence-electron chi connectivity index (χ0n) is 13.5. The molecule has 0 spiro atoms. The largest absolute Gasteiger partial charge is 0.497 e. The summed E-state index contributed by atoms with van der Waals surface area (Å²) in [5.41, 5.74) is 0.573. The van der Waals surface area contributed by atoms with Crippen LogP contribution in [0, 0.1) is 0 Å². The summed E-state index contributed by atoms with van der Waals surface area (Å²) in [7, 11) is 3.09. The number of aromatic nitrogens is 2. The van der Waals surface area contributed by atoms with E-state index in [1.165, 1.54) is 6.26 Å². The summed E-state index contributed by atoms with van der Waals surface area (Å²) in [6, 6.07) is 8.56. The van der Waals surface area contributed by atoms with Gasteiger partial charge in [0.05, 0.1) is 26.2 Å². The van der Waals surface area contributed by atoms with Crippen LogP contribution in [0.1, 0.15) is 0 Å². The summed E-state index contributed by atoms with van der Waals surface area (Å²) in [6.07, 6.45) is 1.52. The van der Waals surface area contributed by atoms with Gasteiger partial charge in [-0.3, -0.25) is 4.79 Å². The molecule has 0 atom stereocenters. The number of furan rings is 1. The van der Waals surface area contributed by atoms with Crippen LogP contribution in [0.2, 0.25) is 0 Å². The monoisotopic (exact) mass is 361 g/mol. The van der Waals surface area contributed by atoms with Crippen molar-refractivity contribution in [3.05, 3.63) is 36.6 Å². The third-order valence-electron chi connectivity index (χ3n) is 3.10. The molecule has 2 aromatic heterocycles. The molecule has 1 N–H and O–H groups in total. The molecule has 1 aromatic carbocycles. The molecule has 25 heavy (non-hydrogen) atoms. The number of carbonyl (C=O) groups is 1. The number of carbonyl (C=O) groups excluding carboxylic acids is 1. The Bertz CT molecular complexity index is 825. The third kappa shape index (κ3) is 4.32. The standard InChI is InChI=1S/C16H15N3O5S/c1-21-11-6-10(7-12(8-11)22-2)17-14(20)9-25-16-19-18-15(24-16)13-4-3-5-23-13/h3-8H,9H2,1-2H3,(H,17,20). The van der Waals surface area contributed by atoms with E-state index < -0.39 is 0 Å². The number of methoxy groups -OCH3 is 2. The number of ether oxygens (including phenoxy) is 2. The minimum absolute atomic E-state index is 0.110. The first kappa shape index (κ1) is 16.9. The fourth-order valence-corrected chi connectivity index (χ4v) is 2.54. The molecule has 0 bridgehead atoms. The van der Waals surface area contributed by atoms with E-state index in [-0.39, 0.29) is 22.8 Å². The number of anilines is 1. The van der Waals surface area contributed by atoms with Gasteiger partial charge in [-0.1, -0.05) is 11.8 Å². The molecule has 8 nitrogen and oxygen atoms in total. The molecular weight excluding hydrogens is 346 g/mol. The SMILES string of the molecule is COc1cc(NC(=O)CSc2nnc(-c3ccco3)o2)cc(OC)c1. The molecule has 9 heteroatoms. The van der Waals surface area contributed by atoms with Gasteiger partial charge in [0.1, 0.15) is 11.5 Å². The van der Waals surface area contributed by atoms with Crippen LogP contribution in [-0.2, 0) is 4.79 Å². The maximum absolute atomic E-state index is 12.1. The minimum Gasteiger partial charge on any atom is -0.497 e. The molecule has 3 aromatic rings. The highest BCUT2D eigenvalue weighted by molar-refractivity contribution is 7.99. The van der Waals surface area contributed by atoms with Crippen molar-refractivity contribution in [2.24, 2.45) is 0 Å². The van der Waals surface area contributed by atoms with Crippen molar-refractivity contribution in [1.82, 2.24) is 10.2 Å². The molecule has 0 aliphatic carbocycles. The molecule has 0 saturated heterocycles. The van der Waals surface area contributed by atoms with Gasteiger partial charge in [0.2, 0.25) is 5.91 Å². The first-order valence-electron chi connectivity index (χ1n) is 7.21. The smallest absolute Gasteiger partial charge is 0.284 e. The maximum atomic E-state index is 12.1. The number of nitrogens with zero attached hydrogens (tertiary/aromatic N) is 2. The zero-order valence-corrected chi connectivity index (χ0v) is 14.3. The van der Waals surface area contributed by atoms with Crippen LogP contribution < -0.4 is 14.8 Å². The average molecular weight is 361 g/mol. The molecule has 0 radical (unpaired) electrons. The second kappa shape index (κ2) is 7.75. The van der Waals surface area contributed by atoms with Crippen molar-refractivity contribution in [2.45, 2.75) is 5.22 Å². The highest BCUT2D eigenvalue weighted by atomic mass is 32.2. The van der Waals surface area contributed by atoms with Crippen LogP contribution in [0.25, 0.3) is 11.7 Å². The van der Waals surface area contributed by atoms with E-state index in [4.69, 9.17) is 18.3 Å². The van der Waals surface area contributed by atoms with Crippen molar-refractivity contribution in [1.29, 1.82) is 0 Å². The molecule has 0 unspecified atom stereocenters. The van der Waals surface area contributed by atoms with E-state index in [9.17, 15) is 4.79 Å². The molecule has 1 amide bonds. The van der Waals surface area contributed by atoms with E-state index in [1.807, 2.05) is 0 Å². The fourth-order valence-electron chi connectivity index (χ4n) is 1.97. The number of thioether (sulfide) groups is 1. The van der Waals surface area contributed by atoms with E-state index in [0.29, 0.717) is 22.9 Å². The first-order chi connectivity index (χ1) is 12.2. The maximum Gasteiger partial charge on any atom is 0.284 e. The Balaban J connectivity index is 1.58. The highest BCUT2D eigenvalue weighted by Gasteiger charge is 2.13. The predicted molar refractivity (Wildman–Crippen MR) is 90.9 cm³/mol.